The zero-order valence-electron chi connectivity index (χ0n) is 22.7. The molecule has 0 radical (unpaired) electrons. The van der Waals surface area contributed by atoms with Crippen LogP contribution in [-0.4, -0.2) is 40.9 Å². The molecule has 7 rings (SSSR count). The van der Waals surface area contributed by atoms with Gasteiger partial charge in [0.2, 0.25) is 0 Å². The van der Waals surface area contributed by atoms with Gasteiger partial charge < -0.3 is 9.90 Å². The van der Waals surface area contributed by atoms with Crippen molar-refractivity contribution in [2.75, 3.05) is 0 Å². The van der Waals surface area contributed by atoms with E-state index in [-0.39, 0.29) is 25.8 Å². The Bertz CT molecular complexity index is 1740. The smallest absolute Gasteiger partial charge is 0.543 e. The fourth-order valence-corrected chi connectivity index (χ4v) is 3.79. The van der Waals surface area contributed by atoms with Crippen LogP contribution in [0.25, 0.3) is 33.4 Å². The molecule has 7 aromatic rings. The summed E-state index contributed by atoms with van der Waals surface area (Å²) in [5.74, 6) is -1.24. The van der Waals surface area contributed by atoms with Gasteiger partial charge in [0.1, 0.15) is 22.1 Å². The molecule has 0 aliphatic rings. The summed E-state index contributed by atoms with van der Waals surface area (Å²) in [6.07, 6.45) is 1.41. The Morgan fingerprint density at radius 3 is 1.31 bits per heavy atom. The summed E-state index contributed by atoms with van der Waals surface area (Å²) in [5, 5.41) is 27.6. The second-order valence-corrected chi connectivity index (χ2v) is 8.90. The molecule has 208 valence electrons. The molecule has 9 nitrogen and oxygen atoms in total. The fraction of sp³-hybridized carbons (Fsp3) is 0.0625. The molecule has 10 heteroatoms. The van der Waals surface area contributed by atoms with E-state index >= 15 is 0 Å². The van der Waals surface area contributed by atoms with Crippen LogP contribution in [0.5, 0.6) is 0 Å². The number of nitrogens with zero attached hydrogens (tertiary/aromatic N) is 7. The molecule has 0 unspecified atom stereocenters. The Kier molecular flexibility index (Phi) is 9.99. The normalized spacial score (nSPS) is 10.1. The number of carbonyl (C=O) groups excluding carboxylic acids is 1. The number of pyridine rings is 1. The van der Waals surface area contributed by atoms with Gasteiger partial charge >= 0.3 is 20.1 Å². The zero-order valence-corrected chi connectivity index (χ0v) is 25.1. The quantitative estimate of drug-likeness (QED) is 0.246. The van der Waals surface area contributed by atoms with Crippen molar-refractivity contribution in [2.24, 2.45) is 0 Å². The summed E-state index contributed by atoms with van der Waals surface area (Å²) in [5.41, 5.74) is 7.48. The summed E-state index contributed by atoms with van der Waals surface area (Å²) in [4.78, 5) is 16.8. The number of carboxylic acids is 1. The minimum absolute atomic E-state index is 0. The molecule has 0 aliphatic heterocycles. The van der Waals surface area contributed by atoms with Gasteiger partial charge in [-0.1, -0.05) is 44.2 Å². The van der Waals surface area contributed by atoms with E-state index in [0.29, 0.717) is 0 Å². The molecule has 0 bridgehead atoms. The first-order valence-corrected chi connectivity index (χ1v) is 12.7. The topological polar surface area (TPSA) is 114 Å². The third-order valence-corrected chi connectivity index (χ3v) is 5.73. The van der Waals surface area contributed by atoms with Crippen molar-refractivity contribution in [3.63, 3.8) is 0 Å². The number of aromatic carboxylic acids is 1. The van der Waals surface area contributed by atoms with Gasteiger partial charge in [0, 0.05) is 6.20 Å². The second kappa shape index (κ2) is 14.0. The van der Waals surface area contributed by atoms with Crippen LogP contribution in [0.15, 0.2) is 109 Å². The molecule has 0 amide bonds. The Balaban J connectivity index is 0.000000149. The van der Waals surface area contributed by atoms with E-state index in [1.807, 2.05) is 98.8 Å². The summed E-state index contributed by atoms with van der Waals surface area (Å²) in [7, 11) is 0. The van der Waals surface area contributed by atoms with Crippen LogP contribution >= 0.6 is 0 Å². The van der Waals surface area contributed by atoms with Crippen molar-refractivity contribution in [2.45, 2.75) is 13.8 Å². The summed E-state index contributed by atoms with van der Waals surface area (Å²) < 4.78 is 0. The van der Waals surface area contributed by atoms with Crippen LogP contribution < -0.4 is 5.11 Å². The van der Waals surface area contributed by atoms with Crippen molar-refractivity contribution in [1.29, 1.82) is 0 Å². The van der Waals surface area contributed by atoms with E-state index in [2.05, 4.69) is 37.5 Å². The fourth-order valence-electron chi connectivity index (χ4n) is 3.79. The van der Waals surface area contributed by atoms with Gasteiger partial charge in [0.15, 0.2) is 0 Å². The largest absolute Gasteiger partial charge is 3.00 e. The van der Waals surface area contributed by atoms with Crippen LogP contribution in [0, 0.1) is 26.0 Å². The van der Waals surface area contributed by atoms with Crippen molar-refractivity contribution >= 4 is 28.0 Å². The van der Waals surface area contributed by atoms with Gasteiger partial charge in [0.25, 0.3) is 0 Å². The number of rotatable bonds is 3. The first-order chi connectivity index (χ1) is 20.0. The van der Waals surface area contributed by atoms with Crippen molar-refractivity contribution in [1.82, 2.24) is 35.0 Å². The number of benzene rings is 4. The van der Waals surface area contributed by atoms with Gasteiger partial charge in [0.05, 0.1) is 11.7 Å². The summed E-state index contributed by atoms with van der Waals surface area (Å²) in [6, 6.07) is 38.6. The Labute approximate surface area is 255 Å². The number of carboxylic acid groups (broad SMARTS) is 1. The maximum Gasteiger partial charge on any atom is 3.00 e. The molecule has 0 saturated heterocycles. The van der Waals surface area contributed by atoms with E-state index in [0.717, 1.165) is 44.6 Å². The molecule has 3 aromatic heterocycles. The molecule has 4 aromatic carbocycles. The van der Waals surface area contributed by atoms with E-state index in [9.17, 15) is 9.90 Å². The van der Waals surface area contributed by atoms with Crippen LogP contribution in [0.4, 0.5) is 0 Å². The molecule has 3 heterocycles. The Hall–Kier alpha value is -5.05. The van der Waals surface area contributed by atoms with Gasteiger partial charge in [-0.2, -0.15) is 77.5 Å². The van der Waals surface area contributed by atoms with Crippen LogP contribution in [0.2, 0.25) is 0 Å². The number of aryl methyl sites for hydroxylation is 2. The van der Waals surface area contributed by atoms with E-state index < -0.39 is 5.97 Å². The molecular weight excluding hydrogens is 707 g/mol. The summed E-state index contributed by atoms with van der Waals surface area (Å²) >= 11 is 0. The molecule has 0 N–H and O–H groups in total. The molecule has 0 aliphatic carbocycles. The SMILES string of the molecule is Cc1[c-]c(-n2nc3ccccc3n2)ccc1.Cc1[c-]c(-n2nc3ccccc3n2)ccc1.O=C([O-])c1ccccn1.[Ir+3]. The number of aromatic nitrogens is 7. The van der Waals surface area contributed by atoms with E-state index in [4.69, 9.17) is 0 Å². The standard InChI is InChI=1S/2C13H10N3.C6H5NO2.Ir/c2*1-10-5-4-6-11(9-10)16-14-12-7-2-3-8-13(12)15-16;8-6(9)5-3-1-2-4-7-5;/h2*2-8H,1H3;1-4H,(H,8,9);/q2*-1;;+3/p-1. The Morgan fingerprint density at radius 1 is 0.595 bits per heavy atom. The number of fused-ring (bicyclic) bond motifs is 2. The molecule has 0 atom stereocenters. The summed E-state index contributed by atoms with van der Waals surface area (Å²) in [6.45, 7) is 4.01. The van der Waals surface area contributed by atoms with Crippen molar-refractivity contribution in [3.8, 4) is 11.4 Å². The minimum Gasteiger partial charge on any atom is -0.543 e. The third-order valence-electron chi connectivity index (χ3n) is 5.73. The van der Waals surface area contributed by atoms with Gasteiger partial charge in [-0.3, -0.25) is 4.98 Å². The number of hydrogen-bond acceptors (Lipinski definition) is 7. The molecule has 0 spiro atoms. The maximum absolute atomic E-state index is 10.0. The van der Waals surface area contributed by atoms with Gasteiger partial charge in [-0.15, -0.1) is 12.1 Å². The van der Waals surface area contributed by atoms with Gasteiger partial charge in [-0.05, 0) is 47.8 Å². The van der Waals surface area contributed by atoms with Crippen LogP contribution in [0.3, 0.4) is 0 Å². The number of hydrogen-bond donors (Lipinski definition) is 0. The zero-order chi connectivity index (χ0) is 28.6. The van der Waals surface area contributed by atoms with Crippen LogP contribution in [-0.2, 0) is 20.1 Å². The predicted octanol–water partition coefficient (Wildman–Crippen LogP) is 4.50. The average Bonchev–Trinajstić information content (AvgIpc) is 3.63. The Morgan fingerprint density at radius 2 is 1.00 bits per heavy atom. The monoisotopic (exact) mass is 731 g/mol. The molecule has 0 fully saturated rings. The average molecular weight is 731 g/mol. The minimum atomic E-state index is -1.24. The number of carbonyl (C=O) groups is 1. The van der Waals surface area contributed by atoms with Crippen molar-refractivity contribution in [3.05, 3.63) is 138 Å². The van der Waals surface area contributed by atoms with E-state index in [1.165, 1.54) is 12.3 Å². The molecular formula is C32H24IrN7O2. The molecule has 42 heavy (non-hydrogen) atoms. The maximum atomic E-state index is 10.0. The predicted molar refractivity (Wildman–Crippen MR) is 153 cm³/mol. The van der Waals surface area contributed by atoms with Gasteiger partial charge in [-0.25, -0.2) is 0 Å². The first kappa shape index (κ1) is 29.9. The van der Waals surface area contributed by atoms with Crippen molar-refractivity contribution < 1.29 is 30.0 Å². The van der Waals surface area contributed by atoms with Crippen LogP contribution in [0.1, 0.15) is 21.6 Å². The first-order valence-electron chi connectivity index (χ1n) is 12.7. The third kappa shape index (κ3) is 7.57. The second-order valence-electron chi connectivity index (χ2n) is 8.90. The van der Waals surface area contributed by atoms with E-state index in [1.54, 1.807) is 21.7 Å². The molecule has 0 saturated carbocycles.